The van der Waals surface area contributed by atoms with Crippen molar-refractivity contribution in [2.45, 2.75) is 39.0 Å². The molecule has 56 valence electrons. The van der Waals surface area contributed by atoms with E-state index in [1.165, 1.54) is 19.3 Å². The molecule has 0 aliphatic heterocycles. The lowest BCUT2D eigenvalue weighted by atomic mass is 10.1. The van der Waals surface area contributed by atoms with Crippen molar-refractivity contribution in [2.75, 3.05) is 0 Å². The predicted molar refractivity (Wildman–Crippen MR) is 43.5 cm³/mol. The topological polar surface area (TPSA) is 23.8 Å². The molecule has 0 heterocycles. The average Bonchev–Trinajstić information content (AvgIpc) is 1.98. The van der Waals surface area contributed by atoms with Crippen LogP contribution in [0.4, 0.5) is 0 Å². The predicted octanol–water partition coefficient (Wildman–Crippen LogP) is 3.04. The monoisotopic (exact) mass is 137 g/mol. The molecule has 0 unspecified atom stereocenters. The molecule has 0 aromatic carbocycles. The van der Waals surface area contributed by atoms with Crippen molar-refractivity contribution in [3.8, 4) is 6.07 Å². The summed E-state index contributed by atoms with van der Waals surface area (Å²) in [6, 6.07) is 2.05. The molecular formula is C9H15N. The zero-order valence-electron chi connectivity index (χ0n) is 6.69. The van der Waals surface area contributed by atoms with Gasteiger partial charge in [0, 0.05) is 5.57 Å². The third-order valence-corrected chi connectivity index (χ3v) is 1.49. The average molecular weight is 137 g/mol. The molecule has 0 aromatic rings. The van der Waals surface area contributed by atoms with Crippen molar-refractivity contribution in [3.63, 3.8) is 0 Å². The first-order chi connectivity index (χ1) is 4.81. The summed E-state index contributed by atoms with van der Waals surface area (Å²) in [6.07, 6.45) is 5.77. The van der Waals surface area contributed by atoms with Crippen molar-refractivity contribution in [2.24, 2.45) is 0 Å². The van der Waals surface area contributed by atoms with Gasteiger partial charge in [0.2, 0.25) is 0 Å². The van der Waals surface area contributed by atoms with E-state index >= 15 is 0 Å². The summed E-state index contributed by atoms with van der Waals surface area (Å²) in [6.45, 7) is 5.79. The van der Waals surface area contributed by atoms with E-state index in [9.17, 15) is 0 Å². The Kier molecular flexibility index (Phi) is 5.86. The van der Waals surface area contributed by atoms with Crippen LogP contribution in [0.15, 0.2) is 12.2 Å². The molecule has 0 aliphatic rings. The lowest BCUT2D eigenvalue weighted by Crippen LogP contribution is -1.78. The van der Waals surface area contributed by atoms with Crippen LogP contribution in [0, 0.1) is 11.3 Å². The summed E-state index contributed by atoms with van der Waals surface area (Å²) in [4.78, 5) is 0. The van der Waals surface area contributed by atoms with Crippen molar-refractivity contribution in [1.82, 2.24) is 0 Å². The lowest BCUT2D eigenvalue weighted by molar-refractivity contribution is 0.669. The van der Waals surface area contributed by atoms with E-state index in [4.69, 9.17) is 5.26 Å². The van der Waals surface area contributed by atoms with Gasteiger partial charge in [0.05, 0.1) is 6.07 Å². The molecule has 1 nitrogen and oxygen atoms in total. The third kappa shape index (κ3) is 5.37. The van der Waals surface area contributed by atoms with E-state index in [1.54, 1.807) is 0 Å². The Bertz CT molecular complexity index is 130. The zero-order chi connectivity index (χ0) is 7.82. The molecule has 0 N–H and O–H groups in total. The van der Waals surface area contributed by atoms with Crippen LogP contribution >= 0.6 is 0 Å². The number of nitriles is 1. The Morgan fingerprint density at radius 3 is 2.60 bits per heavy atom. The van der Waals surface area contributed by atoms with Gasteiger partial charge in [0.15, 0.2) is 0 Å². The highest BCUT2D eigenvalue weighted by Gasteiger charge is 1.90. The fraction of sp³-hybridized carbons (Fsp3) is 0.667. The van der Waals surface area contributed by atoms with Gasteiger partial charge in [-0.2, -0.15) is 5.26 Å². The lowest BCUT2D eigenvalue weighted by Gasteiger charge is -1.95. The minimum absolute atomic E-state index is 0.719. The number of unbranched alkanes of at least 4 members (excludes halogenated alkanes) is 3. The van der Waals surface area contributed by atoms with E-state index in [-0.39, 0.29) is 0 Å². The molecule has 10 heavy (non-hydrogen) atoms. The van der Waals surface area contributed by atoms with Crippen molar-refractivity contribution in [3.05, 3.63) is 12.2 Å². The summed E-state index contributed by atoms with van der Waals surface area (Å²) < 4.78 is 0. The minimum Gasteiger partial charge on any atom is -0.193 e. The van der Waals surface area contributed by atoms with Crippen LogP contribution in [0.2, 0.25) is 0 Å². The van der Waals surface area contributed by atoms with E-state index in [2.05, 4.69) is 13.5 Å². The Morgan fingerprint density at radius 2 is 2.10 bits per heavy atom. The Morgan fingerprint density at radius 1 is 1.40 bits per heavy atom. The molecule has 1 heteroatoms. The summed E-state index contributed by atoms with van der Waals surface area (Å²) in [7, 11) is 0. The Balaban J connectivity index is 3.06. The first-order valence-corrected chi connectivity index (χ1v) is 3.89. The second kappa shape index (κ2) is 6.35. The molecule has 0 bridgehead atoms. The molecular weight excluding hydrogens is 122 g/mol. The standard InChI is InChI=1S/C9H15N/c1-3-4-5-6-7-9(2)8-10/h2-7H2,1H3. The highest BCUT2D eigenvalue weighted by molar-refractivity contribution is 5.14. The molecule has 0 spiro atoms. The van der Waals surface area contributed by atoms with Gasteiger partial charge >= 0.3 is 0 Å². The van der Waals surface area contributed by atoms with E-state index < -0.39 is 0 Å². The van der Waals surface area contributed by atoms with E-state index in [1.807, 2.05) is 6.07 Å². The summed E-state index contributed by atoms with van der Waals surface area (Å²) >= 11 is 0. The summed E-state index contributed by atoms with van der Waals surface area (Å²) in [5, 5.41) is 8.34. The van der Waals surface area contributed by atoms with Crippen LogP contribution in [0.5, 0.6) is 0 Å². The highest BCUT2D eigenvalue weighted by Crippen LogP contribution is 2.06. The third-order valence-electron chi connectivity index (χ3n) is 1.49. The molecule has 0 aliphatic carbocycles. The highest BCUT2D eigenvalue weighted by atomic mass is 14.2. The molecule has 0 amide bonds. The molecule has 0 rings (SSSR count). The fourth-order valence-electron chi connectivity index (χ4n) is 0.821. The maximum atomic E-state index is 8.34. The Labute approximate surface area is 63.4 Å². The molecule has 0 aromatic heterocycles. The van der Waals surface area contributed by atoms with Gasteiger partial charge in [-0.05, 0) is 12.8 Å². The quantitative estimate of drug-likeness (QED) is 0.422. The van der Waals surface area contributed by atoms with Crippen molar-refractivity contribution in [1.29, 1.82) is 5.26 Å². The Hall–Kier alpha value is -0.770. The van der Waals surface area contributed by atoms with Crippen LogP contribution in [0.3, 0.4) is 0 Å². The van der Waals surface area contributed by atoms with Gasteiger partial charge in [0.25, 0.3) is 0 Å². The molecule has 0 fully saturated rings. The SMILES string of the molecule is C=C(C#N)CCCCCC. The van der Waals surface area contributed by atoms with Gasteiger partial charge < -0.3 is 0 Å². The largest absolute Gasteiger partial charge is 0.193 e. The van der Waals surface area contributed by atoms with E-state index in [0.29, 0.717) is 0 Å². The molecule has 0 atom stereocenters. The van der Waals surface area contributed by atoms with Crippen LogP contribution < -0.4 is 0 Å². The molecule has 0 saturated carbocycles. The first kappa shape index (κ1) is 9.23. The van der Waals surface area contributed by atoms with Crippen LogP contribution in [-0.4, -0.2) is 0 Å². The van der Waals surface area contributed by atoms with Crippen LogP contribution in [0.25, 0.3) is 0 Å². The second-order valence-corrected chi connectivity index (χ2v) is 2.53. The first-order valence-electron chi connectivity index (χ1n) is 3.89. The van der Waals surface area contributed by atoms with E-state index in [0.717, 1.165) is 18.4 Å². The molecule has 0 radical (unpaired) electrons. The minimum atomic E-state index is 0.719. The molecule has 0 saturated heterocycles. The van der Waals surface area contributed by atoms with Gasteiger partial charge in [-0.15, -0.1) is 0 Å². The smallest absolute Gasteiger partial charge is 0.0940 e. The number of hydrogen-bond donors (Lipinski definition) is 0. The van der Waals surface area contributed by atoms with Gasteiger partial charge in [-0.3, -0.25) is 0 Å². The van der Waals surface area contributed by atoms with Crippen LogP contribution in [-0.2, 0) is 0 Å². The number of rotatable bonds is 5. The van der Waals surface area contributed by atoms with Crippen LogP contribution in [0.1, 0.15) is 39.0 Å². The normalized spacial score (nSPS) is 8.80. The second-order valence-electron chi connectivity index (χ2n) is 2.53. The van der Waals surface area contributed by atoms with Crippen molar-refractivity contribution < 1.29 is 0 Å². The number of hydrogen-bond acceptors (Lipinski definition) is 1. The van der Waals surface area contributed by atoms with Gasteiger partial charge in [0.1, 0.15) is 0 Å². The summed E-state index contributed by atoms with van der Waals surface area (Å²) in [5.74, 6) is 0. The number of nitrogens with zero attached hydrogens (tertiary/aromatic N) is 1. The maximum Gasteiger partial charge on any atom is 0.0940 e. The van der Waals surface area contributed by atoms with Gasteiger partial charge in [-0.25, -0.2) is 0 Å². The zero-order valence-corrected chi connectivity index (χ0v) is 6.69. The maximum absolute atomic E-state index is 8.34. The number of allylic oxidation sites excluding steroid dienone is 1. The van der Waals surface area contributed by atoms with Crippen molar-refractivity contribution >= 4 is 0 Å². The fourth-order valence-corrected chi connectivity index (χ4v) is 0.821. The van der Waals surface area contributed by atoms with Gasteiger partial charge in [-0.1, -0.05) is 32.8 Å². The summed E-state index contributed by atoms with van der Waals surface area (Å²) in [5.41, 5.74) is 0.719.